The molecule has 34 heavy (non-hydrogen) atoms. The van der Waals surface area contributed by atoms with Crippen LogP contribution in [0.5, 0.6) is 5.75 Å². The summed E-state index contributed by atoms with van der Waals surface area (Å²) in [5.41, 5.74) is 4.14. The van der Waals surface area contributed by atoms with Crippen molar-refractivity contribution in [3.8, 4) is 5.75 Å². The van der Waals surface area contributed by atoms with Gasteiger partial charge < -0.3 is 20.7 Å². The Bertz CT molecular complexity index is 1070. The van der Waals surface area contributed by atoms with E-state index in [0.29, 0.717) is 31.2 Å². The molecule has 182 valence electrons. The summed E-state index contributed by atoms with van der Waals surface area (Å²) in [4.78, 5) is 39.5. The van der Waals surface area contributed by atoms with E-state index in [1.54, 1.807) is 4.90 Å². The molecule has 3 amide bonds. The normalized spacial score (nSPS) is 14.5. The van der Waals surface area contributed by atoms with Crippen molar-refractivity contribution in [1.82, 2.24) is 9.80 Å². The molecule has 0 spiro atoms. The summed E-state index contributed by atoms with van der Waals surface area (Å²) in [5.74, 6) is -1.51. The number of piperazine rings is 1. The minimum absolute atomic E-state index is 0.0585. The largest absolute Gasteiger partial charge is 0.483 e. The highest BCUT2D eigenvalue weighted by Crippen LogP contribution is 2.34. The third-order valence-electron chi connectivity index (χ3n) is 5.16. The van der Waals surface area contributed by atoms with E-state index in [1.165, 1.54) is 41.3 Å². The zero-order valence-electron chi connectivity index (χ0n) is 17.9. The molecule has 0 atom stereocenters. The molecule has 1 aliphatic heterocycles. The van der Waals surface area contributed by atoms with Gasteiger partial charge in [0.2, 0.25) is 5.91 Å². The molecular weight excluding hydrogens is 477 g/mol. The van der Waals surface area contributed by atoms with Gasteiger partial charge in [-0.05, 0) is 30.3 Å². The number of amides is 3. The standard InChI is InChI=1S/C22H22ClF3N4O4/c23-14-5-6-18(15(11-14)21(27)33)34-13-20(32)30-9-7-29(8-10-30)12-19(31)28-17-4-2-1-3-16(17)22(24,25)26/h1-6,11H,7-10,12-13H2,(H2,27,33)(H,28,31). The number of halogens is 4. The van der Waals surface area contributed by atoms with Crippen molar-refractivity contribution < 1.29 is 32.3 Å². The quantitative estimate of drug-likeness (QED) is 0.610. The fourth-order valence-electron chi connectivity index (χ4n) is 3.44. The zero-order chi connectivity index (χ0) is 24.9. The van der Waals surface area contributed by atoms with E-state index in [9.17, 15) is 27.6 Å². The van der Waals surface area contributed by atoms with E-state index >= 15 is 0 Å². The highest BCUT2D eigenvalue weighted by Gasteiger charge is 2.33. The Morgan fingerprint density at radius 2 is 1.74 bits per heavy atom. The minimum Gasteiger partial charge on any atom is -0.483 e. The van der Waals surface area contributed by atoms with Crippen molar-refractivity contribution in [1.29, 1.82) is 0 Å². The fraction of sp³-hybridized carbons (Fsp3) is 0.318. The van der Waals surface area contributed by atoms with Crippen LogP contribution in [0.2, 0.25) is 5.02 Å². The number of benzene rings is 2. The lowest BCUT2D eigenvalue weighted by molar-refractivity contribution is -0.137. The summed E-state index contributed by atoms with van der Waals surface area (Å²) in [5, 5.41) is 2.61. The van der Waals surface area contributed by atoms with E-state index in [4.69, 9.17) is 22.1 Å². The van der Waals surface area contributed by atoms with Crippen LogP contribution in [0.15, 0.2) is 42.5 Å². The highest BCUT2D eigenvalue weighted by molar-refractivity contribution is 6.31. The monoisotopic (exact) mass is 498 g/mol. The van der Waals surface area contributed by atoms with Crippen LogP contribution in [0.1, 0.15) is 15.9 Å². The Kier molecular flexibility index (Phi) is 8.00. The van der Waals surface area contributed by atoms with Gasteiger partial charge in [-0.1, -0.05) is 23.7 Å². The van der Waals surface area contributed by atoms with Crippen LogP contribution in [0, 0.1) is 0 Å². The second kappa shape index (κ2) is 10.7. The van der Waals surface area contributed by atoms with Crippen molar-refractivity contribution in [2.75, 3.05) is 44.6 Å². The lowest BCUT2D eigenvalue weighted by atomic mass is 10.1. The Hall–Kier alpha value is -3.31. The molecule has 8 nitrogen and oxygen atoms in total. The first-order valence-electron chi connectivity index (χ1n) is 10.2. The highest BCUT2D eigenvalue weighted by atomic mass is 35.5. The van der Waals surface area contributed by atoms with Gasteiger partial charge in [0.1, 0.15) is 5.75 Å². The average molecular weight is 499 g/mol. The number of hydrogen-bond donors (Lipinski definition) is 2. The summed E-state index contributed by atoms with van der Waals surface area (Å²) in [6.07, 6.45) is -4.58. The maximum Gasteiger partial charge on any atom is 0.418 e. The van der Waals surface area contributed by atoms with Crippen LogP contribution < -0.4 is 15.8 Å². The van der Waals surface area contributed by atoms with Gasteiger partial charge in [0.05, 0.1) is 23.4 Å². The third kappa shape index (κ3) is 6.61. The first-order chi connectivity index (χ1) is 16.0. The molecule has 1 aliphatic rings. The predicted molar refractivity (Wildman–Crippen MR) is 119 cm³/mol. The van der Waals surface area contributed by atoms with Gasteiger partial charge in [0.25, 0.3) is 11.8 Å². The number of nitrogens with zero attached hydrogens (tertiary/aromatic N) is 2. The van der Waals surface area contributed by atoms with E-state index in [0.717, 1.165) is 6.07 Å². The number of nitrogens with one attached hydrogen (secondary N) is 1. The van der Waals surface area contributed by atoms with Gasteiger partial charge in [0.15, 0.2) is 6.61 Å². The number of anilines is 1. The number of primary amides is 1. The Morgan fingerprint density at radius 1 is 1.06 bits per heavy atom. The maximum atomic E-state index is 13.1. The van der Waals surface area contributed by atoms with Crippen LogP contribution >= 0.6 is 11.6 Å². The van der Waals surface area contributed by atoms with E-state index in [1.807, 2.05) is 0 Å². The summed E-state index contributed by atoms with van der Waals surface area (Å²) in [7, 11) is 0. The minimum atomic E-state index is -4.58. The summed E-state index contributed by atoms with van der Waals surface area (Å²) < 4.78 is 44.7. The van der Waals surface area contributed by atoms with Gasteiger partial charge >= 0.3 is 6.18 Å². The van der Waals surface area contributed by atoms with Crippen molar-refractivity contribution in [2.24, 2.45) is 5.73 Å². The van der Waals surface area contributed by atoms with Crippen molar-refractivity contribution in [3.63, 3.8) is 0 Å². The Balaban J connectivity index is 1.48. The first kappa shape index (κ1) is 25.3. The van der Waals surface area contributed by atoms with Crippen molar-refractivity contribution >= 4 is 35.0 Å². The molecule has 2 aromatic carbocycles. The van der Waals surface area contributed by atoms with E-state index < -0.39 is 23.6 Å². The molecule has 12 heteroatoms. The SMILES string of the molecule is NC(=O)c1cc(Cl)ccc1OCC(=O)N1CCN(CC(=O)Nc2ccccc2C(F)(F)F)CC1. The molecule has 0 bridgehead atoms. The fourth-order valence-corrected chi connectivity index (χ4v) is 3.61. The number of carbonyl (C=O) groups is 3. The molecule has 2 aromatic rings. The van der Waals surface area contributed by atoms with Crippen LogP contribution in [0.3, 0.4) is 0 Å². The Morgan fingerprint density at radius 3 is 2.38 bits per heavy atom. The van der Waals surface area contributed by atoms with Gasteiger partial charge in [-0.3, -0.25) is 19.3 Å². The number of nitrogens with two attached hydrogens (primary N) is 1. The molecule has 3 rings (SSSR count). The molecule has 0 saturated carbocycles. The number of carbonyl (C=O) groups excluding carboxylic acids is 3. The van der Waals surface area contributed by atoms with Gasteiger partial charge in [-0.25, -0.2) is 0 Å². The van der Waals surface area contributed by atoms with Gasteiger partial charge in [0, 0.05) is 31.2 Å². The second-order valence-electron chi connectivity index (χ2n) is 7.54. The molecule has 1 saturated heterocycles. The lowest BCUT2D eigenvalue weighted by Crippen LogP contribution is -2.51. The molecular formula is C22H22ClF3N4O4. The number of ether oxygens (including phenoxy) is 1. The number of rotatable bonds is 7. The topological polar surface area (TPSA) is 105 Å². The first-order valence-corrected chi connectivity index (χ1v) is 10.6. The smallest absolute Gasteiger partial charge is 0.418 e. The molecule has 1 fully saturated rings. The molecule has 0 unspecified atom stereocenters. The van der Waals surface area contributed by atoms with Crippen LogP contribution in [0.4, 0.5) is 18.9 Å². The lowest BCUT2D eigenvalue weighted by Gasteiger charge is -2.34. The number of hydrogen-bond acceptors (Lipinski definition) is 5. The second-order valence-corrected chi connectivity index (χ2v) is 7.98. The molecule has 0 radical (unpaired) electrons. The molecule has 1 heterocycles. The Labute approximate surface area is 198 Å². The summed E-state index contributed by atoms with van der Waals surface area (Å²) in [6, 6.07) is 9.06. The molecule has 0 aliphatic carbocycles. The van der Waals surface area contributed by atoms with Crippen LogP contribution in [0.25, 0.3) is 0 Å². The number of alkyl halides is 3. The summed E-state index contributed by atoms with van der Waals surface area (Å²) in [6.45, 7) is 0.880. The summed E-state index contributed by atoms with van der Waals surface area (Å²) >= 11 is 5.85. The van der Waals surface area contributed by atoms with Crippen LogP contribution in [-0.2, 0) is 15.8 Å². The number of para-hydroxylation sites is 1. The van der Waals surface area contributed by atoms with Gasteiger partial charge in [-0.15, -0.1) is 0 Å². The van der Waals surface area contributed by atoms with E-state index in [2.05, 4.69) is 5.32 Å². The van der Waals surface area contributed by atoms with E-state index in [-0.39, 0.29) is 36.1 Å². The zero-order valence-corrected chi connectivity index (χ0v) is 18.7. The predicted octanol–water partition coefficient (Wildman–Crippen LogP) is 2.62. The molecule has 0 aromatic heterocycles. The average Bonchev–Trinajstić information content (AvgIpc) is 2.78. The van der Waals surface area contributed by atoms with Crippen molar-refractivity contribution in [3.05, 3.63) is 58.6 Å². The third-order valence-corrected chi connectivity index (χ3v) is 5.39. The van der Waals surface area contributed by atoms with Crippen molar-refractivity contribution in [2.45, 2.75) is 6.18 Å². The van der Waals surface area contributed by atoms with Gasteiger partial charge in [-0.2, -0.15) is 13.2 Å². The molecule has 3 N–H and O–H groups in total. The van der Waals surface area contributed by atoms with Crippen LogP contribution in [-0.4, -0.2) is 66.9 Å². The maximum absolute atomic E-state index is 13.1.